The molecule has 4 nitrogen and oxygen atoms in total. The SMILES string of the molecule is c1ccc(NN=C(c2ccccc2)c2nc3ccccc3[nH]2)cc1. The summed E-state index contributed by atoms with van der Waals surface area (Å²) in [6.07, 6.45) is 0. The minimum Gasteiger partial charge on any atom is -0.337 e. The number of para-hydroxylation sites is 3. The summed E-state index contributed by atoms with van der Waals surface area (Å²) in [6.45, 7) is 0. The first-order valence-electron chi connectivity index (χ1n) is 7.79. The van der Waals surface area contributed by atoms with E-state index in [9.17, 15) is 0 Å². The Morgan fingerprint density at radius 3 is 2.21 bits per heavy atom. The molecule has 4 rings (SSSR count). The summed E-state index contributed by atoms with van der Waals surface area (Å²) < 4.78 is 0. The topological polar surface area (TPSA) is 53.1 Å². The number of rotatable bonds is 4. The zero-order valence-corrected chi connectivity index (χ0v) is 13.0. The van der Waals surface area contributed by atoms with Gasteiger partial charge >= 0.3 is 0 Å². The van der Waals surface area contributed by atoms with Crippen molar-refractivity contribution in [1.29, 1.82) is 0 Å². The van der Waals surface area contributed by atoms with E-state index in [2.05, 4.69) is 20.5 Å². The average Bonchev–Trinajstić information content (AvgIpc) is 3.07. The quantitative estimate of drug-likeness (QED) is 0.433. The van der Waals surface area contributed by atoms with Gasteiger partial charge in [0.1, 0.15) is 5.71 Å². The molecular formula is C20H16N4. The van der Waals surface area contributed by atoms with Crippen LogP contribution in [0.4, 0.5) is 5.69 Å². The molecular weight excluding hydrogens is 296 g/mol. The van der Waals surface area contributed by atoms with Crippen molar-refractivity contribution < 1.29 is 0 Å². The average molecular weight is 312 g/mol. The zero-order chi connectivity index (χ0) is 16.2. The van der Waals surface area contributed by atoms with Gasteiger partial charge in [0.15, 0.2) is 5.82 Å². The summed E-state index contributed by atoms with van der Waals surface area (Å²) in [5.41, 5.74) is 7.74. The highest BCUT2D eigenvalue weighted by Gasteiger charge is 2.12. The predicted molar refractivity (Wildman–Crippen MR) is 98.2 cm³/mol. The van der Waals surface area contributed by atoms with Crippen molar-refractivity contribution in [2.75, 3.05) is 5.43 Å². The molecule has 0 aliphatic rings. The second-order valence-electron chi connectivity index (χ2n) is 5.41. The first-order valence-corrected chi connectivity index (χ1v) is 7.79. The minimum absolute atomic E-state index is 0.742. The monoisotopic (exact) mass is 312 g/mol. The smallest absolute Gasteiger partial charge is 0.159 e. The number of anilines is 1. The Hall–Kier alpha value is -3.40. The van der Waals surface area contributed by atoms with Crippen molar-refractivity contribution in [1.82, 2.24) is 9.97 Å². The van der Waals surface area contributed by atoms with Crippen molar-refractivity contribution in [3.8, 4) is 0 Å². The van der Waals surface area contributed by atoms with Gasteiger partial charge in [-0.05, 0) is 24.3 Å². The molecule has 0 saturated carbocycles. The molecule has 0 fully saturated rings. The highest BCUT2D eigenvalue weighted by molar-refractivity contribution is 6.12. The fourth-order valence-electron chi connectivity index (χ4n) is 2.55. The Kier molecular flexibility index (Phi) is 3.78. The fraction of sp³-hybridized carbons (Fsp3) is 0. The first kappa shape index (κ1) is 14.2. The molecule has 4 aromatic rings. The van der Waals surface area contributed by atoms with Crippen molar-refractivity contribution in [2.45, 2.75) is 0 Å². The third-order valence-electron chi connectivity index (χ3n) is 3.73. The Labute approximate surface area is 139 Å². The number of H-pyrrole nitrogens is 1. The molecule has 2 N–H and O–H groups in total. The molecule has 1 heterocycles. The number of nitrogens with zero attached hydrogens (tertiary/aromatic N) is 2. The summed E-state index contributed by atoms with van der Waals surface area (Å²) in [4.78, 5) is 8.02. The molecule has 0 bridgehead atoms. The Morgan fingerprint density at radius 2 is 1.46 bits per heavy atom. The fourth-order valence-corrected chi connectivity index (χ4v) is 2.55. The molecule has 0 amide bonds. The van der Waals surface area contributed by atoms with Gasteiger partial charge in [0.2, 0.25) is 0 Å². The van der Waals surface area contributed by atoms with Gasteiger partial charge in [0.05, 0.1) is 16.7 Å². The number of benzene rings is 3. The maximum atomic E-state index is 4.68. The summed E-state index contributed by atoms with van der Waals surface area (Å²) in [7, 11) is 0. The summed E-state index contributed by atoms with van der Waals surface area (Å²) in [5.74, 6) is 0.742. The maximum Gasteiger partial charge on any atom is 0.159 e. The number of nitrogens with one attached hydrogen (secondary N) is 2. The molecule has 24 heavy (non-hydrogen) atoms. The lowest BCUT2D eigenvalue weighted by molar-refractivity contribution is 1.24. The van der Waals surface area contributed by atoms with Crippen LogP contribution in [0.1, 0.15) is 11.4 Å². The summed E-state index contributed by atoms with van der Waals surface area (Å²) >= 11 is 0. The Balaban J connectivity index is 1.78. The molecule has 0 aliphatic heterocycles. The number of hydrogen-bond donors (Lipinski definition) is 2. The van der Waals surface area contributed by atoms with Crippen molar-refractivity contribution in [3.05, 3.63) is 96.3 Å². The van der Waals surface area contributed by atoms with E-state index in [1.54, 1.807) is 0 Å². The van der Waals surface area contributed by atoms with Gasteiger partial charge in [0.25, 0.3) is 0 Å². The highest BCUT2D eigenvalue weighted by atomic mass is 15.3. The molecule has 0 spiro atoms. The zero-order valence-electron chi connectivity index (χ0n) is 13.0. The first-order chi connectivity index (χ1) is 11.9. The van der Waals surface area contributed by atoms with E-state index in [0.717, 1.165) is 33.8 Å². The number of hydrogen-bond acceptors (Lipinski definition) is 3. The standard InChI is InChI=1S/C20H16N4/c1-3-9-15(10-4-1)19(24-23-16-11-5-2-6-12-16)20-21-17-13-7-8-14-18(17)22-20/h1-14,23H,(H,21,22). The number of hydrazone groups is 1. The number of fused-ring (bicyclic) bond motifs is 1. The van der Waals surface area contributed by atoms with E-state index in [-0.39, 0.29) is 0 Å². The third-order valence-corrected chi connectivity index (χ3v) is 3.73. The van der Waals surface area contributed by atoms with E-state index in [1.165, 1.54) is 0 Å². The third kappa shape index (κ3) is 2.90. The lowest BCUT2D eigenvalue weighted by Crippen LogP contribution is -2.08. The number of aromatic nitrogens is 2. The maximum absolute atomic E-state index is 4.68. The van der Waals surface area contributed by atoms with Gasteiger partial charge in [-0.1, -0.05) is 60.7 Å². The van der Waals surface area contributed by atoms with Crippen LogP contribution in [0.5, 0.6) is 0 Å². The second-order valence-corrected chi connectivity index (χ2v) is 5.41. The van der Waals surface area contributed by atoms with Crippen LogP contribution >= 0.6 is 0 Å². The van der Waals surface area contributed by atoms with Crippen LogP contribution in [0.2, 0.25) is 0 Å². The molecule has 4 heteroatoms. The van der Waals surface area contributed by atoms with Gasteiger partial charge < -0.3 is 4.98 Å². The van der Waals surface area contributed by atoms with E-state index in [4.69, 9.17) is 0 Å². The Morgan fingerprint density at radius 1 is 0.792 bits per heavy atom. The van der Waals surface area contributed by atoms with Crippen molar-refractivity contribution in [3.63, 3.8) is 0 Å². The van der Waals surface area contributed by atoms with Crippen LogP contribution in [-0.2, 0) is 0 Å². The Bertz CT molecular complexity index is 939. The molecule has 116 valence electrons. The molecule has 0 unspecified atom stereocenters. The van der Waals surface area contributed by atoms with Crippen LogP contribution < -0.4 is 5.43 Å². The van der Waals surface area contributed by atoms with Gasteiger partial charge in [-0.25, -0.2) is 4.98 Å². The summed E-state index contributed by atoms with van der Waals surface area (Å²) in [6, 6.07) is 27.9. The molecule has 3 aromatic carbocycles. The number of aromatic amines is 1. The lowest BCUT2D eigenvalue weighted by atomic mass is 10.1. The normalized spacial score (nSPS) is 11.6. The second kappa shape index (κ2) is 6.38. The van der Waals surface area contributed by atoms with Crippen LogP contribution in [-0.4, -0.2) is 15.7 Å². The number of imidazole rings is 1. The van der Waals surface area contributed by atoms with Gasteiger partial charge in [-0.15, -0.1) is 0 Å². The highest BCUT2D eigenvalue weighted by Crippen LogP contribution is 2.15. The molecule has 1 aromatic heterocycles. The molecule has 0 atom stereocenters. The van der Waals surface area contributed by atoms with Crippen LogP contribution in [0, 0.1) is 0 Å². The van der Waals surface area contributed by atoms with Crippen LogP contribution in [0.25, 0.3) is 11.0 Å². The van der Waals surface area contributed by atoms with Crippen molar-refractivity contribution >= 4 is 22.4 Å². The van der Waals surface area contributed by atoms with Crippen molar-refractivity contribution in [2.24, 2.45) is 5.10 Å². The summed E-state index contributed by atoms with van der Waals surface area (Å²) in [5, 5.41) is 4.60. The van der Waals surface area contributed by atoms with E-state index >= 15 is 0 Å². The van der Waals surface area contributed by atoms with Gasteiger partial charge in [-0.2, -0.15) is 5.10 Å². The van der Waals surface area contributed by atoms with Gasteiger partial charge in [-0.3, -0.25) is 5.43 Å². The molecule has 0 aliphatic carbocycles. The van der Waals surface area contributed by atoms with Crippen LogP contribution in [0.15, 0.2) is 90.0 Å². The van der Waals surface area contributed by atoms with E-state index in [0.29, 0.717) is 0 Å². The largest absolute Gasteiger partial charge is 0.337 e. The minimum atomic E-state index is 0.742. The van der Waals surface area contributed by atoms with Crippen LogP contribution in [0.3, 0.4) is 0 Å². The molecule has 0 saturated heterocycles. The van der Waals surface area contributed by atoms with E-state index in [1.807, 2.05) is 84.9 Å². The molecule has 0 radical (unpaired) electrons. The lowest BCUT2D eigenvalue weighted by Gasteiger charge is -2.05. The van der Waals surface area contributed by atoms with E-state index < -0.39 is 0 Å². The predicted octanol–water partition coefficient (Wildman–Crippen LogP) is 4.43. The van der Waals surface area contributed by atoms with Gasteiger partial charge in [0, 0.05) is 5.56 Å².